The number of benzene rings is 1. The summed E-state index contributed by atoms with van der Waals surface area (Å²) in [6.45, 7) is 14.0. The van der Waals surface area contributed by atoms with Crippen LogP contribution in [0.25, 0.3) is 16.0 Å². The van der Waals surface area contributed by atoms with E-state index in [0.717, 1.165) is 10.4 Å². The third-order valence-corrected chi connectivity index (χ3v) is 7.60. The van der Waals surface area contributed by atoms with Crippen molar-refractivity contribution in [2.75, 3.05) is 6.54 Å². The van der Waals surface area contributed by atoms with Crippen molar-refractivity contribution in [1.29, 1.82) is 0 Å². The van der Waals surface area contributed by atoms with Gasteiger partial charge in [-0.3, -0.25) is 9.48 Å². The molecular formula is C27H28F3N5OS. The topological polar surface area (TPSA) is 68.5 Å². The van der Waals surface area contributed by atoms with Gasteiger partial charge in [-0.25, -0.2) is 4.85 Å². The number of carbonyl (C=O) groups is 1. The predicted molar refractivity (Wildman–Crippen MR) is 138 cm³/mol. The third-order valence-electron chi connectivity index (χ3n) is 6.57. The number of aryl methyl sites for hydroxylation is 1. The molecule has 1 unspecified atom stereocenters. The van der Waals surface area contributed by atoms with Gasteiger partial charge >= 0.3 is 6.18 Å². The average Bonchev–Trinajstić information content (AvgIpc) is 3.50. The van der Waals surface area contributed by atoms with E-state index in [0.29, 0.717) is 29.2 Å². The van der Waals surface area contributed by atoms with Crippen LogP contribution in [-0.2, 0) is 24.1 Å². The molecule has 0 bridgehead atoms. The molecule has 0 saturated heterocycles. The first-order chi connectivity index (χ1) is 17.5. The molecule has 2 aromatic heterocycles. The van der Waals surface area contributed by atoms with Crippen molar-refractivity contribution < 1.29 is 18.0 Å². The molecule has 2 atom stereocenters. The lowest BCUT2D eigenvalue weighted by Gasteiger charge is -2.34. The maximum Gasteiger partial charge on any atom is 0.435 e. The molecule has 1 aromatic carbocycles. The van der Waals surface area contributed by atoms with Gasteiger partial charge in [0.05, 0.1) is 13.1 Å². The number of hydrogen-bond acceptors (Lipinski definition) is 4. The summed E-state index contributed by atoms with van der Waals surface area (Å²) in [6.07, 6.45) is -0.0565. The van der Waals surface area contributed by atoms with E-state index in [2.05, 4.69) is 9.94 Å². The quantitative estimate of drug-likeness (QED) is 0.306. The molecule has 1 aliphatic rings. The standard InChI is InChI=1S/C27H28F3N5OS/c1-5-35-14-21(26(33-35)27(28,29)30)18-9-7-6-8-17(18)20-13-34(25(36)11-10-22(31)16(2)3)15-23-19(20)12-24(32-4)37-23/h6-12,14,16,20,22H,5,13,15,31H2,1-3H3/b11-10+/t20-,22?/m0/s1. The van der Waals surface area contributed by atoms with Crippen LogP contribution in [0.4, 0.5) is 18.2 Å². The van der Waals surface area contributed by atoms with E-state index in [9.17, 15) is 18.0 Å². The first-order valence-electron chi connectivity index (χ1n) is 12.0. The van der Waals surface area contributed by atoms with Gasteiger partial charge in [-0.2, -0.15) is 29.6 Å². The van der Waals surface area contributed by atoms with Crippen LogP contribution in [0.3, 0.4) is 0 Å². The Labute approximate surface area is 218 Å². The summed E-state index contributed by atoms with van der Waals surface area (Å²) < 4.78 is 43.1. The SMILES string of the molecule is [C-]#[N+]c1cc2c(s1)CN(C(=O)/C=C/C(N)C(C)C)C[C@H]2c1ccccc1-c1cn(CC)nc1C(F)(F)F. The van der Waals surface area contributed by atoms with Crippen molar-refractivity contribution in [3.8, 4) is 11.1 Å². The molecule has 0 fully saturated rings. The largest absolute Gasteiger partial charge is 0.435 e. The molecule has 6 nitrogen and oxygen atoms in total. The van der Waals surface area contributed by atoms with Gasteiger partial charge in [-0.05, 0) is 35.6 Å². The molecule has 194 valence electrons. The van der Waals surface area contributed by atoms with Crippen molar-refractivity contribution in [2.24, 2.45) is 11.7 Å². The molecule has 0 saturated carbocycles. The van der Waals surface area contributed by atoms with Crippen molar-refractivity contribution in [2.45, 2.75) is 52.0 Å². The summed E-state index contributed by atoms with van der Waals surface area (Å²) in [5.74, 6) is -0.465. The maximum absolute atomic E-state index is 13.9. The fourth-order valence-corrected chi connectivity index (χ4v) is 5.47. The van der Waals surface area contributed by atoms with E-state index in [1.807, 2.05) is 13.8 Å². The molecule has 0 aliphatic carbocycles. The molecule has 0 spiro atoms. The Morgan fingerprint density at radius 1 is 1.30 bits per heavy atom. The van der Waals surface area contributed by atoms with Gasteiger partial charge in [0.2, 0.25) is 10.9 Å². The number of thiophene rings is 1. The molecule has 0 radical (unpaired) electrons. The number of halogens is 3. The first-order valence-corrected chi connectivity index (χ1v) is 12.8. The van der Waals surface area contributed by atoms with Gasteiger partial charge < -0.3 is 10.6 Å². The van der Waals surface area contributed by atoms with E-state index in [4.69, 9.17) is 12.3 Å². The Hall–Kier alpha value is -3.42. The van der Waals surface area contributed by atoms with Crippen LogP contribution in [0, 0.1) is 12.5 Å². The maximum atomic E-state index is 13.9. The van der Waals surface area contributed by atoms with Crippen LogP contribution in [0.5, 0.6) is 0 Å². The Morgan fingerprint density at radius 3 is 2.68 bits per heavy atom. The molecule has 4 rings (SSSR count). The number of amides is 1. The highest BCUT2D eigenvalue weighted by Gasteiger charge is 2.39. The summed E-state index contributed by atoms with van der Waals surface area (Å²) in [6, 6.07) is 8.45. The Kier molecular flexibility index (Phi) is 7.57. The monoisotopic (exact) mass is 527 g/mol. The van der Waals surface area contributed by atoms with Crippen LogP contribution >= 0.6 is 11.3 Å². The second-order valence-electron chi connectivity index (χ2n) is 9.36. The lowest BCUT2D eigenvalue weighted by Crippen LogP contribution is -2.37. The lowest BCUT2D eigenvalue weighted by atomic mass is 9.83. The number of hydrogen-bond donors (Lipinski definition) is 1. The molecule has 1 aliphatic heterocycles. The van der Waals surface area contributed by atoms with Crippen LogP contribution in [0.15, 0.2) is 48.7 Å². The van der Waals surface area contributed by atoms with E-state index in [-0.39, 0.29) is 30.0 Å². The minimum atomic E-state index is -4.62. The number of fused-ring (bicyclic) bond motifs is 1. The number of nitrogens with zero attached hydrogens (tertiary/aromatic N) is 4. The Bertz CT molecular complexity index is 1370. The number of rotatable bonds is 6. The first kappa shape index (κ1) is 26.6. The zero-order chi connectivity index (χ0) is 26.9. The van der Waals surface area contributed by atoms with Crippen molar-refractivity contribution in [3.63, 3.8) is 0 Å². The van der Waals surface area contributed by atoms with Crippen molar-refractivity contribution in [3.05, 3.63) is 81.8 Å². The van der Waals surface area contributed by atoms with Gasteiger partial charge in [0.15, 0.2) is 5.69 Å². The highest BCUT2D eigenvalue weighted by Crippen LogP contribution is 2.45. The van der Waals surface area contributed by atoms with Crippen molar-refractivity contribution in [1.82, 2.24) is 14.7 Å². The second-order valence-corrected chi connectivity index (χ2v) is 10.5. The zero-order valence-electron chi connectivity index (χ0n) is 20.8. The summed E-state index contributed by atoms with van der Waals surface area (Å²) in [4.78, 5) is 19.2. The lowest BCUT2D eigenvalue weighted by molar-refractivity contribution is -0.141. The minimum absolute atomic E-state index is 0.00150. The predicted octanol–water partition coefficient (Wildman–Crippen LogP) is 6.21. The number of nitrogens with two attached hydrogens (primary N) is 1. The molecule has 3 aromatic rings. The smallest absolute Gasteiger partial charge is 0.333 e. The van der Waals surface area contributed by atoms with Crippen LogP contribution in [0.1, 0.15) is 48.4 Å². The average molecular weight is 528 g/mol. The van der Waals surface area contributed by atoms with Crippen LogP contribution < -0.4 is 5.73 Å². The summed E-state index contributed by atoms with van der Waals surface area (Å²) in [5.41, 5.74) is 7.06. The number of alkyl halides is 3. The van der Waals surface area contributed by atoms with Gasteiger partial charge in [0.25, 0.3) is 0 Å². The molecule has 1 amide bonds. The van der Waals surface area contributed by atoms with Gasteiger partial charge in [-0.15, -0.1) is 0 Å². The minimum Gasteiger partial charge on any atom is -0.333 e. The summed E-state index contributed by atoms with van der Waals surface area (Å²) in [7, 11) is 0. The molecule has 37 heavy (non-hydrogen) atoms. The highest BCUT2D eigenvalue weighted by molar-refractivity contribution is 7.16. The summed E-state index contributed by atoms with van der Waals surface area (Å²) >= 11 is 1.31. The fraction of sp³-hybridized carbons (Fsp3) is 0.370. The molecular weight excluding hydrogens is 499 g/mol. The Balaban J connectivity index is 1.81. The van der Waals surface area contributed by atoms with E-state index < -0.39 is 17.8 Å². The number of aromatic nitrogens is 2. The van der Waals surface area contributed by atoms with Gasteiger partial charge in [0.1, 0.15) is 0 Å². The fourth-order valence-electron chi connectivity index (χ4n) is 4.45. The second kappa shape index (κ2) is 10.5. The third kappa shape index (κ3) is 5.48. The molecule has 3 heterocycles. The molecule has 10 heteroatoms. The highest BCUT2D eigenvalue weighted by atomic mass is 32.1. The van der Waals surface area contributed by atoms with Crippen molar-refractivity contribution >= 4 is 22.2 Å². The van der Waals surface area contributed by atoms with Crippen LogP contribution in [-0.4, -0.2) is 33.2 Å². The van der Waals surface area contributed by atoms with E-state index in [1.54, 1.807) is 48.2 Å². The normalized spacial score (nSPS) is 16.7. The van der Waals surface area contributed by atoms with Crippen LogP contribution in [0.2, 0.25) is 0 Å². The van der Waals surface area contributed by atoms with E-state index >= 15 is 0 Å². The van der Waals surface area contributed by atoms with E-state index in [1.165, 1.54) is 28.3 Å². The van der Waals surface area contributed by atoms with Gasteiger partial charge in [0, 0.05) is 47.8 Å². The summed E-state index contributed by atoms with van der Waals surface area (Å²) in [5, 5.41) is 4.27. The Morgan fingerprint density at radius 2 is 2.03 bits per heavy atom. The molecule has 2 N–H and O–H groups in total. The number of carbonyl (C=O) groups excluding carboxylic acids is 1. The van der Waals surface area contributed by atoms with Gasteiger partial charge in [-0.1, -0.05) is 44.2 Å². The zero-order valence-corrected chi connectivity index (χ0v) is 21.6.